The number of hydrogen-bond donors (Lipinski definition) is 1. The highest BCUT2D eigenvalue weighted by molar-refractivity contribution is 6.20. The molecule has 0 saturated carbocycles. The molecule has 122 valence electrons. The molecule has 0 atom stereocenters. The molecule has 1 aliphatic rings. The second-order valence-electron chi connectivity index (χ2n) is 5.25. The van der Waals surface area contributed by atoms with Gasteiger partial charge in [0, 0.05) is 24.5 Å². The average molecular weight is 330 g/mol. The van der Waals surface area contributed by atoms with Crippen LogP contribution in [0.25, 0.3) is 0 Å². The van der Waals surface area contributed by atoms with Crippen LogP contribution in [-0.4, -0.2) is 17.7 Å². The normalized spacial score (nSPS) is 14.2. The van der Waals surface area contributed by atoms with E-state index >= 15 is 0 Å². The Morgan fingerprint density at radius 1 is 0.958 bits per heavy atom. The minimum atomic E-state index is -0.881. The van der Waals surface area contributed by atoms with E-state index in [4.69, 9.17) is 0 Å². The van der Waals surface area contributed by atoms with E-state index in [2.05, 4.69) is 5.32 Å². The van der Waals surface area contributed by atoms with Gasteiger partial charge in [-0.25, -0.2) is 8.78 Å². The monoisotopic (exact) mass is 330 g/mol. The maximum absolute atomic E-state index is 13.5. The molecule has 2 aromatic carbocycles. The van der Waals surface area contributed by atoms with E-state index < -0.39 is 17.5 Å². The van der Waals surface area contributed by atoms with Gasteiger partial charge >= 0.3 is 0 Å². The molecular weight excluding hydrogens is 318 g/mol. The van der Waals surface area contributed by atoms with E-state index in [1.54, 1.807) is 0 Å². The lowest BCUT2D eigenvalue weighted by molar-refractivity contribution is -0.121. The molecule has 0 aliphatic carbocycles. The molecule has 0 bridgehead atoms. The van der Waals surface area contributed by atoms with Crippen molar-refractivity contribution in [2.24, 2.45) is 0 Å². The lowest BCUT2D eigenvalue weighted by Crippen LogP contribution is -2.28. The summed E-state index contributed by atoms with van der Waals surface area (Å²) in [5.74, 6) is -2.79. The molecule has 0 aromatic heterocycles. The van der Waals surface area contributed by atoms with Gasteiger partial charge in [-0.3, -0.25) is 19.3 Å². The van der Waals surface area contributed by atoms with Crippen molar-refractivity contribution in [3.8, 4) is 0 Å². The number of carbonyl (C=O) groups is 3. The number of imide groups is 1. The zero-order valence-corrected chi connectivity index (χ0v) is 12.4. The van der Waals surface area contributed by atoms with E-state index in [0.717, 1.165) is 17.0 Å². The summed E-state index contributed by atoms with van der Waals surface area (Å²) in [6.07, 6.45) is 0.343. The predicted molar refractivity (Wildman–Crippen MR) is 82.5 cm³/mol. The van der Waals surface area contributed by atoms with Gasteiger partial charge in [-0.2, -0.15) is 0 Å². The maximum atomic E-state index is 13.5. The average Bonchev–Trinajstić information content (AvgIpc) is 2.89. The molecule has 1 saturated heterocycles. The molecule has 1 aliphatic heterocycles. The number of carbonyl (C=O) groups excluding carboxylic acids is 3. The first-order valence-electron chi connectivity index (χ1n) is 7.18. The van der Waals surface area contributed by atoms with Gasteiger partial charge in [-0.15, -0.1) is 0 Å². The molecule has 2 aromatic rings. The van der Waals surface area contributed by atoms with E-state index in [1.807, 2.05) is 0 Å². The van der Waals surface area contributed by atoms with Gasteiger partial charge in [-0.05, 0) is 36.4 Å². The van der Waals surface area contributed by atoms with Crippen LogP contribution in [0.2, 0.25) is 0 Å². The fourth-order valence-corrected chi connectivity index (χ4v) is 2.41. The first kappa shape index (κ1) is 15.8. The third-order valence-corrected chi connectivity index (χ3v) is 3.62. The van der Waals surface area contributed by atoms with Crippen LogP contribution in [0, 0.1) is 11.6 Å². The number of amides is 3. The molecule has 1 N–H and O–H groups in total. The SMILES string of the molecule is O=C(Nc1ccc(F)cc1F)c1ccc(N2C(=O)CCC2=O)cc1. The third-order valence-electron chi connectivity index (χ3n) is 3.62. The summed E-state index contributed by atoms with van der Waals surface area (Å²) in [7, 11) is 0. The van der Waals surface area contributed by atoms with Crippen LogP contribution < -0.4 is 10.2 Å². The van der Waals surface area contributed by atoms with Gasteiger partial charge in [0.1, 0.15) is 11.6 Å². The number of nitrogens with zero attached hydrogens (tertiary/aromatic N) is 1. The highest BCUT2D eigenvalue weighted by Gasteiger charge is 2.30. The smallest absolute Gasteiger partial charge is 0.255 e. The molecule has 5 nitrogen and oxygen atoms in total. The second-order valence-corrected chi connectivity index (χ2v) is 5.25. The highest BCUT2D eigenvalue weighted by Crippen LogP contribution is 2.23. The third kappa shape index (κ3) is 3.01. The van der Waals surface area contributed by atoms with Crippen molar-refractivity contribution in [1.82, 2.24) is 0 Å². The molecule has 1 heterocycles. The molecular formula is C17H12F2N2O3. The number of rotatable bonds is 3. The summed E-state index contributed by atoms with van der Waals surface area (Å²) in [5.41, 5.74) is 0.448. The maximum Gasteiger partial charge on any atom is 0.255 e. The minimum Gasteiger partial charge on any atom is -0.319 e. The van der Waals surface area contributed by atoms with Crippen LogP contribution in [0.15, 0.2) is 42.5 Å². The van der Waals surface area contributed by atoms with Crippen LogP contribution in [0.3, 0.4) is 0 Å². The summed E-state index contributed by atoms with van der Waals surface area (Å²) in [4.78, 5) is 36.5. The highest BCUT2D eigenvalue weighted by atomic mass is 19.1. The van der Waals surface area contributed by atoms with Crippen molar-refractivity contribution >= 4 is 29.1 Å². The summed E-state index contributed by atoms with van der Waals surface area (Å²) in [6.45, 7) is 0. The first-order chi connectivity index (χ1) is 11.5. The summed E-state index contributed by atoms with van der Waals surface area (Å²) >= 11 is 0. The Balaban J connectivity index is 1.76. The Bertz CT molecular complexity index is 818. The molecule has 1 fully saturated rings. The van der Waals surface area contributed by atoms with Gasteiger partial charge in [0.25, 0.3) is 5.91 Å². The minimum absolute atomic E-state index is 0.143. The predicted octanol–water partition coefficient (Wildman–Crippen LogP) is 2.87. The number of anilines is 2. The number of halogens is 2. The van der Waals surface area contributed by atoms with Crippen molar-refractivity contribution in [2.45, 2.75) is 12.8 Å². The Hall–Kier alpha value is -3.09. The van der Waals surface area contributed by atoms with Crippen molar-refractivity contribution in [3.05, 3.63) is 59.7 Å². The number of nitrogens with one attached hydrogen (secondary N) is 1. The van der Waals surface area contributed by atoms with Crippen LogP contribution in [-0.2, 0) is 9.59 Å². The summed E-state index contributed by atoms with van der Waals surface area (Å²) < 4.78 is 26.4. The van der Waals surface area contributed by atoms with Crippen LogP contribution in [0.4, 0.5) is 20.2 Å². The van der Waals surface area contributed by atoms with E-state index in [0.29, 0.717) is 11.8 Å². The van der Waals surface area contributed by atoms with E-state index in [1.165, 1.54) is 24.3 Å². The van der Waals surface area contributed by atoms with Crippen LogP contribution in [0.5, 0.6) is 0 Å². The van der Waals surface area contributed by atoms with E-state index in [-0.39, 0.29) is 35.9 Å². The van der Waals surface area contributed by atoms with Gasteiger partial charge in [0.2, 0.25) is 11.8 Å². The largest absolute Gasteiger partial charge is 0.319 e. The Morgan fingerprint density at radius 2 is 1.58 bits per heavy atom. The van der Waals surface area contributed by atoms with Gasteiger partial charge in [0.05, 0.1) is 11.4 Å². The lowest BCUT2D eigenvalue weighted by atomic mass is 10.1. The van der Waals surface area contributed by atoms with Crippen LogP contribution in [0.1, 0.15) is 23.2 Å². The summed E-state index contributed by atoms with van der Waals surface area (Å²) in [5, 5.41) is 2.33. The molecule has 0 radical (unpaired) electrons. The fraction of sp³-hybridized carbons (Fsp3) is 0.118. The Labute approximate surface area is 135 Å². The quantitative estimate of drug-likeness (QED) is 0.880. The molecule has 7 heteroatoms. The van der Waals surface area contributed by atoms with Crippen LogP contribution >= 0.6 is 0 Å². The lowest BCUT2D eigenvalue weighted by Gasteiger charge is -2.14. The second kappa shape index (κ2) is 6.19. The van der Waals surface area contributed by atoms with Crippen molar-refractivity contribution in [3.63, 3.8) is 0 Å². The van der Waals surface area contributed by atoms with Crippen molar-refractivity contribution < 1.29 is 23.2 Å². The Morgan fingerprint density at radius 3 is 2.17 bits per heavy atom. The van der Waals surface area contributed by atoms with Gasteiger partial charge in [-0.1, -0.05) is 0 Å². The van der Waals surface area contributed by atoms with Gasteiger partial charge < -0.3 is 5.32 Å². The Kier molecular flexibility index (Phi) is 4.07. The van der Waals surface area contributed by atoms with Crippen molar-refractivity contribution in [2.75, 3.05) is 10.2 Å². The first-order valence-corrected chi connectivity index (χ1v) is 7.18. The molecule has 3 amide bonds. The number of benzene rings is 2. The zero-order chi connectivity index (χ0) is 17.3. The van der Waals surface area contributed by atoms with E-state index in [9.17, 15) is 23.2 Å². The fourth-order valence-electron chi connectivity index (χ4n) is 2.41. The molecule has 0 unspecified atom stereocenters. The summed E-state index contributed by atoms with van der Waals surface area (Å²) in [6, 6.07) is 8.61. The van der Waals surface area contributed by atoms with Gasteiger partial charge in [0.15, 0.2) is 0 Å². The zero-order valence-electron chi connectivity index (χ0n) is 12.4. The molecule has 3 rings (SSSR count). The number of hydrogen-bond acceptors (Lipinski definition) is 3. The standard InChI is InChI=1S/C17H12F2N2O3/c18-11-3-6-14(13(19)9-11)20-17(24)10-1-4-12(5-2-10)21-15(22)7-8-16(21)23/h1-6,9H,7-8H2,(H,20,24). The molecule has 0 spiro atoms. The topological polar surface area (TPSA) is 66.5 Å². The van der Waals surface area contributed by atoms with Crippen molar-refractivity contribution in [1.29, 1.82) is 0 Å². The molecule has 24 heavy (non-hydrogen) atoms.